The highest BCUT2D eigenvalue weighted by Gasteiger charge is 2.29. The molecule has 0 aliphatic carbocycles. The van der Waals surface area contributed by atoms with Crippen LogP contribution in [0.1, 0.15) is 25.2 Å². The van der Waals surface area contributed by atoms with Crippen molar-refractivity contribution >= 4 is 11.8 Å². The summed E-state index contributed by atoms with van der Waals surface area (Å²) in [5.74, 6) is -0.143. The Hall–Kier alpha value is -1.99. The van der Waals surface area contributed by atoms with Crippen LogP contribution in [0, 0.1) is 5.92 Å². The smallest absolute Gasteiger partial charge is 0.225 e. The predicted octanol–water partition coefficient (Wildman–Crippen LogP) is -1.49. The molecule has 2 atom stereocenters. The van der Waals surface area contributed by atoms with Crippen LogP contribution in [0.15, 0.2) is 0 Å². The summed E-state index contributed by atoms with van der Waals surface area (Å²) in [6.45, 7) is 2.15. The van der Waals surface area contributed by atoms with Crippen LogP contribution < -0.4 is 10.6 Å². The molecular weight excluding hydrogens is 212 g/mol. The van der Waals surface area contributed by atoms with Crippen LogP contribution >= 0.6 is 0 Å². The molecule has 0 aromatic carbocycles. The Labute approximate surface area is 91.2 Å². The second-order valence-electron chi connectivity index (χ2n) is 3.71. The first kappa shape index (κ1) is 10.5. The molecular formula is C8H12N6O2. The number of amides is 2. The van der Waals surface area contributed by atoms with Crippen molar-refractivity contribution in [1.29, 1.82) is 0 Å². The number of aromatic amines is 1. The Morgan fingerprint density at radius 1 is 1.62 bits per heavy atom. The highest BCUT2D eigenvalue weighted by molar-refractivity contribution is 5.89. The van der Waals surface area contributed by atoms with Gasteiger partial charge in [0, 0.05) is 13.0 Å². The van der Waals surface area contributed by atoms with Crippen LogP contribution in [0.2, 0.25) is 0 Å². The van der Waals surface area contributed by atoms with Crippen LogP contribution in [0.3, 0.4) is 0 Å². The van der Waals surface area contributed by atoms with Gasteiger partial charge in [0.2, 0.25) is 11.8 Å². The van der Waals surface area contributed by atoms with Gasteiger partial charge in [0.15, 0.2) is 5.82 Å². The van der Waals surface area contributed by atoms with Crippen LogP contribution in [-0.4, -0.2) is 39.0 Å². The zero-order valence-corrected chi connectivity index (χ0v) is 8.73. The minimum absolute atomic E-state index is 0.0904. The molecule has 8 heteroatoms. The van der Waals surface area contributed by atoms with Gasteiger partial charge < -0.3 is 10.6 Å². The van der Waals surface area contributed by atoms with Gasteiger partial charge in [0.25, 0.3) is 0 Å². The molecule has 1 aromatic heterocycles. The van der Waals surface area contributed by atoms with Crippen LogP contribution in [-0.2, 0) is 9.59 Å². The number of hydrogen-bond donors (Lipinski definition) is 3. The van der Waals surface area contributed by atoms with E-state index in [9.17, 15) is 9.59 Å². The number of carbonyl (C=O) groups is 2. The van der Waals surface area contributed by atoms with E-state index in [1.54, 1.807) is 6.92 Å². The number of rotatable bonds is 3. The summed E-state index contributed by atoms with van der Waals surface area (Å²) >= 11 is 0. The van der Waals surface area contributed by atoms with E-state index in [0.717, 1.165) is 0 Å². The van der Waals surface area contributed by atoms with Gasteiger partial charge in [0.1, 0.15) is 0 Å². The predicted molar refractivity (Wildman–Crippen MR) is 51.9 cm³/mol. The summed E-state index contributed by atoms with van der Waals surface area (Å²) in [6.07, 6.45) is 0.241. The summed E-state index contributed by atoms with van der Waals surface area (Å²) < 4.78 is 0. The number of H-pyrrole nitrogens is 1. The molecule has 2 rings (SSSR count). The van der Waals surface area contributed by atoms with Gasteiger partial charge in [-0.05, 0) is 6.92 Å². The third-order valence-corrected chi connectivity index (χ3v) is 2.46. The van der Waals surface area contributed by atoms with Crippen molar-refractivity contribution < 1.29 is 9.59 Å². The van der Waals surface area contributed by atoms with Crippen LogP contribution in [0.4, 0.5) is 0 Å². The van der Waals surface area contributed by atoms with E-state index in [2.05, 4.69) is 31.3 Å². The minimum atomic E-state index is -0.318. The molecule has 0 radical (unpaired) electrons. The maximum Gasteiger partial charge on any atom is 0.225 e. The Balaban J connectivity index is 1.90. The van der Waals surface area contributed by atoms with Gasteiger partial charge in [-0.2, -0.15) is 5.21 Å². The zero-order valence-electron chi connectivity index (χ0n) is 8.73. The minimum Gasteiger partial charge on any atom is -0.355 e. The third-order valence-electron chi connectivity index (χ3n) is 2.46. The molecule has 0 saturated carbocycles. The third kappa shape index (κ3) is 2.15. The zero-order chi connectivity index (χ0) is 11.5. The van der Waals surface area contributed by atoms with Crippen LogP contribution in [0.5, 0.6) is 0 Å². The van der Waals surface area contributed by atoms with Crippen molar-refractivity contribution in [2.75, 3.05) is 6.54 Å². The maximum atomic E-state index is 11.7. The molecule has 86 valence electrons. The van der Waals surface area contributed by atoms with E-state index < -0.39 is 0 Å². The molecule has 16 heavy (non-hydrogen) atoms. The lowest BCUT2D eigenvalue weighted by Gasteiger charge is -2.12. The molecule has 1 aliphatic rings. The van der Waals surface area contributed by atoms with Gasteiger partial charge in [-0.1, -0.05) is 5.21 Å². The fourth-order valence-electron chi connectivity index (χ4n) is 1.54. The number of aromatic nitrogens is 4. The summed E-state index contributed by atoms with van der Waals surface area (Å²) in [5.41, 5.74) is 0. The first-order valence-corrected chi connectivity index (χ1v) is 4.97. The molecule has 1 aromatic rings. The molecule has 2 unspecified atom stereocenters. The quantitative estimate of drug-likeness (QED) is 0.579. The number of nitrogens with zero attached hydrogens (tertiary/aromatic N) is 3. The van der Waals surface area contributed by atoms with Crippen molar-refractivity contribution in [3.8, 4) is 0 Å². The van der Waals surface area contributed by atoms with E-state index in [4.69, 9.17) is 0 Å². The molecule has 3 N–H and O–H groups in total. The summed E-state index contributed by atoms with van der Waals surface area (Å²) in [4.78, 5) is 22.6. The van der Waals surface area contributed by atoms with Gasteiger partial charge in [-0.3, -0.25) is 9.59 Å². The standard InChI is InChI=1S/C8H12N6O2/c1-4(7-11-13-14-12-7)10-8(16)5-2-6(15)9-3-5/h4-5H,2-3H2,1H3,(H,9,15)(H,10,16)(H,11,12,13,14). The number of nitrogens with one attached hydrogen (secondary N) is 3. The lowest BCUT2D eigenvalue weighted by molar-refractivity contribution is -0.127. The summed E-state index contributed by atoms with van der Waals surface area (Å²) in [6, 6.07) is -0.318. The molecule has 0 spiro atoms. The largest absolute Gasteiger partial charge is 0.355 e. The van der Waals surface area contributed by atoms with Crippen molar-refractivity contribution in [2.24, 2.45) is 5.92 Å². The van der Waals surface area contributed by atoms with E-state index in [1.165, 1.54) is 0 Å². The van der Waals surface area contributed by atoms with Crippen molar-refractivity contribution in [3.63, 3.8) is 0 Å². The fourth-order valence-corrected chi connectivity index (χ4v) is 1.54. The fraction of sp³-hybridized carbons (Fsp3) is 0.625. The Bertz CT molecular complexity index is 389. The van der Waals surface area contributed by atoms with E-state index >= 15 is 0 Å². The molecule has 8 nitrogen and oxygen atoms in total. The number of tetrazole rings is 1. The molecule has 2 heterocycles. The van der Waals surface area contributed by atoms with Gasteiger partial charge >= 0.3 is 0 Å². The van der Waals surface area contributed by atoms with E-state index in [1.807, 2.05) is 0 Å². The van der Waals surface area contributed by atoms with Gasteiger partial charge in [0.05, 0.1) is 12.0 Å². The molecule has 2 amide bonds. The average molecular weight is 224 g/mol. The number of hydrogen-bond acceptors (Lipinski definition) is 5. The monoisotopic (exact) mass is 224 g/mol. The highest BCUT2D eigenvalue weighted by atomic mass is 16.2. The normalized spacial score (nSPS) is 21.6. The van der Waals surface area contributed by atoms with Gasteiger partial charge in [-0.25, -0.2) is 0 Å². The SMILES string of the molecule is CC(NC(=O)C1CNC(=O)C1)c1nn[nH]n1. The Kier molecular flexibility index (Phi) is 2.80. The topological polar surface area (TPSA) is 113 Å². The molecule has 1 saturated heterocycles. The average Bonchev–Trinajstić information content (AvgIpc) is 2.87. The van der Waals surface area contributed by atoms with Crippen molar-refractivity contribution in [1.82, 2.24) is 31.3 Å². The summed E-state index contributed by atoms with van der Waals surface area (Å²) in [5, 5.41) is 18.6. The lowest BCUT2D eigenvalue weighted by atomic mass is 10.1. The maximum absolute atomic E-state index is 11.7. The Morgan fingerprint density at radius 3 is 3.00 bits per heavy atom. The lowest BCUT2D eigenvalue weighted by Crippen LogP contribution is -2.34. The van der Waals surface area contributed by atoms with Gasteiger partial charge in [-0.15, -0.1) is 10.2 Å². The molecule has 1 fully saturated rings. The van der Waals surface area contributed by atoms with E-state index in [-0.39, 0.29) is 30.2 Å². The van der Waals surface area contributed by atoms with E-state index in [0.29, 0.717) is 12.4 Å². The summed E-state index contributed by atoms with van der Waals surface area (Å²) in [7, 11) is 0. The number of carbonyl (C=O) groups excluding carboxylic acids is 2. The molecule has 0 bridgehead atoms. The second-order valence-corrected chi connectivity index (χ2v) is 3.71. The first-order valence-electron chi connectivity index (χ1n) is 4.97. The molecule has 1 aliphatic heterocycles. The van der Waals surface area contributed by atoms with Crippen LogP contribution in [0.25, 0.3) is 0 Å². The second kappa shape index (κ2) is 4.25. The highest BCUT2D eigenvalue weighted by Crippen LogP contribution is 2.11. The first-order chi connectivity index (χ1) is 7.66. The van der Waals surface area contributed by atoms with Crippen molar-refractivity contribution in [2.45, 2.75) is 19.4 Å². The Morgan fingerprint density at radius 2 is 2.44 bits per heavy atom. The van der Waals surface area contributed by atoms with Crippen molar-refractivity contribution in [3.05, 3.63) is 5.82 Å².